The third kappa shape index (κ3) is 3.89. The van der Waals surface area contributed by atoms with E-state index in [1.807, 2.05) is 30.0 Å². The molecule has 5 aromatic heterocycles. The van der Waals surface area contributed by atoms with E-state index in [0.717, 1.165) is 55.5 Å². The SMILES string of the molecule is c1ccc2c(c1)Sc1cccc3c4c5ccccc5n(-c5nc(-c6ccc(-n7c8ccccc8c8ccccc87)cc6)c6c(n5)oc5ccccc56)c4n-2c13. The van der Waals surface area contributed by atoms with Crippen molar-refractivity contribution in [2.24, 2.45) is 0 Å². The molecule has 0 aliphatic carbocycles. The molecule has 0 bridgehead atoms. The first kappa shape index (κ1) is 29.4. The van der Waals surface area contributed by atoms with Crippen molar-refractivity contribution < 1.29 is 4.42 Å². The van der Waals surface area contributed by atoms with Crippen LogP contribution in [-0.2, 0) is 0 Å². The average Bonchev–Trinajstić information content (AvgIpc) is 3.98. The summed E-state index contributed by atoms with van der Waals surface area (Å²) in [5, 5.41) is 7.95. The average molecular weight is 722 g/mol. The van der Waals surface area contributed by atoms with E-state index in [1.165, 1.54) is 47.9 Å². The van der Waals surface area contributed by atoms with E-state index < -0.39 is 0 Å². The Bertz CT molecular complexity index is 3530. The van der Waals surface area contributed by atoms with E-state index >= 15 is 0 Å². The fraction of sp³-hybridized carbons (Fsp3) is 0. The third-order valence-corrected chi connectivity index (χ3v) is 12.4. The van der Waals surface area contributed by atoms with Crippen LogP contribution in [-0.4, -0.2) is 23.7 Å². The van der Waals surface area contributed by atoms with E-state index in [4.69, 9.17) is 14.4 Å². The number of aromatic nitrogens is 5. The van der Waals surface area contributed by atoms with Crippen LogP contribution < -0.4 is 0 Å². The molecule has 6 nitrogen and oxygen atoms in total. The van der Waals surface area contributed by atoms with Crippen molar-refractivity contribution in [3.8, 4) is 28.6 Å². The highest BCUT2D eigenvalue weighted by molar-refractivity contribution is 7.99. The number of rotatable bonds is 3. The molecule has 0 atom stereocenters. The topological polar surface area (TPSA) is 53.7 Å². The lowest BCUT2D eigenvalue weighted by atomic mass is 10.1. The minimum Gasteiger partial charge on any atom is -0.437 e. The second-order valence-electron chi connectivity index (χ2n) is 14.2. The van der Waals surface area contributed by atoms with Crippen molar-refractivity contribution >= 4 is 88.5 Å². The molecule has 0 radical (unpaired) electrons. The number of fused-ring (bicyclic) bond motifs is 13. The fourth-order valence-corrected chi connectivity index (χ4v) is 10.1. The van der Waals surface area contributed by atoms with Crippen LogP contribution in [0.25, 0.3) is 105 Å². The predicted octanol–water partition coefficient (Wildman–Crippen LogP) is 12.6. The highest BCUT2D eigenvalue weighted by Gasteiger charge is 2.29. The molecule has 12 aromatic rings. The monoisotopic (exact) mass is 721 g/mol. The quantitative estimate of drug-likeness (QED) is 0.182. The molecule has 0 fully saturated rings. The minimum atomic E-state index is 0.560. The molecule has 7 heteroatoms. The predicted molar refractivity (Wildman–Crippen MR) is 224 cm³/mol. The zero-order valence-corrected chi connectivity index (χ0v) is 30.0. The van der Waals surface area contributed by atoms with Crippen molar-refractivity contribution in [2.75, 3.05) is 0 Å². The number of hydrogen-bond donors (Lipinski definition) is 0. The van der Waals surface area contributed by atoms with Crippen LogP contribution in [0, 0.1) is 0 Å². The number of benzene rings is 7. The van der Waals surface area contributed by atoms with Crippen molar-refractivity contribution in [3.05, 3.63) is 164 Å². The molecule has 0 spiro atoms. The summed E-state index contributed by atoms with van der Waals surface area (Å²) in [4.78, 5) is 13.3. The summed E-state index contributed by atoms with van der Waals surface area (Å²) in [5.41, 5.74) is 11.1. The van der Waals surface area contributed by atoms with Crippen LogP contribution in [0.1, 0.15) is 0 Å². The largest absolute Gasteiger partial charge is 0.437 e. The van der Waals surface area contributed by atoms with Crippen LogP contribution >= 0.6 is 11.8 Å². The lowest BCUT2D eigenvalue weighted by molar-refractivity contribution is 0.651. The van der Waals surface area contributed by atoms with Crippen LogP contribution in [0.2, 0.25) is 0 Å². The molecule has 0 unspecified atom stereocenters. The highest BCUT2D eigenvalue weighted by Crippen LogP contribution is 2.49. The van der Waals surface area contributed by atoms with Gasteiger partial charge in [0.15, 0.2) is 0 Å². The smallest absolute Gasteiger partial charge is 0.239 e. The molecule has 0 amide bonds. The van der Waals surface area contributed by atoms with Crippen LogP contribution in [0.4, 0.5) is 0 Å². The Balaban J connectivity index is 1.11. The van der Waals surface area contributed by atoms with E-state index in [0.29, 0.717) is 11.7 Å². The van der Waals surface area contributed by atoms with Gasteiger partial charge >= 0.3 is 0 Å². The maximum absolute atomic E-state index is 6.58. The molecular weight excluding hydrogens is 695 g/mol. The van der Waals surface area contributed by atoms with E-state index in [2.05, 4.69) is 159 Å². The molecule has 256 valence electrons. The fourth-order valence-electron chi connectivity index (χ4n) is 9.02. The van der Waals surface area contributed by atoms with Gasteiger partial charge in [-0.3, -0.25) is 9.13 Å². The van der Waals surface area contributed by atoms with Crippen LogP contribution in [0.3, 0.4) is 0 Å². The minimum absolute atomic E-state index is 0.560. The van der Waals surface area contributed by atoms with Gasteiger partial charge in [-0.1, -0.05) is 121 Å². The van der Waals surface area contributed by atoms with Gasteiger partial charge in [-0.25, -0.2) is 4.98 Å². The molecule has 7 aromatic carbocycles. The first-order chi connectivity index (χ1) is 27.3. The summed E-state index contributed by atoms with van der Waals surface area (Å²) < 4.78 is 13.6. The maximum Gasteiger partial charge on any atom is 0.239 e. The number of para-hydroxylation sites is 6. The Morgan fingerprint density at radius 3 is 1.85 bits per heavy atom. The second kappa shape index (κ2) is 10.7. The standard InChI is InChI=1S/C48H27N5OS/c1-5-17-35-30(12-1)31-13-2-6-18-36(31)51(35)29-26-24-28(25-27-29)44-43-33-15-4-9-21-39(33)54-46(43)50-48(49-44)53-37-19-7-3-14-32(37)42-34-16-11-23-41-45(34)52(47(42)53)38-20-8-10-22-40(38)55-41/h1-27H. The molecular formula is C48H27N5OS. The maximum atomic E-state index is 6.58. The highest BCUT2D eigenvalue weighted by atomic mass is 32.2. The van der Waals surface area contributed by atoms with Crippen LogP contribution in [0.5, 0.6) is 0 Å². The van der Waals surface area contributed by atoms with Gasteiger partial charge in [0.2, 0.25) is 11.7 Å². The molecule has 0 N–H and O–H groups in total. The molecule has 55 heavy (non-hydrogen) atoms. The van der Waals surface area contributed by atoms with E-state index in [1.54, 1.807) is 0 Å². The Morgan fingerprint density at radius 2 is 1.07 bits per heavy atom. The van der Waals surface area contributed by atoms with Crippen LogP contribution in [0.15, 0.2) is 178 Å². The van der Waals surface area contributed by atoms with Gasteiger partial charge in [-0.2, -0.15) is 4.98 Å². The molecule has 0 saturated heterocycles. The van der Waals surface area contributed by atoms with Gasteiger partial charge < -0.3 is 8.98 Å². The van der Waals surface area contributed by atoms with Gasteiger partial charge in [0.1, 0.15) is 11.2 Å². The van der Waals surface area contributed by atoms with Gasteiger partial charge in [0.25, 0.3) is 0 Å². The zero-order chi connectivity index (χ0) is 35.8. The summed E-state index contributed by atoms with van der Waals surface area (Å²) >= 11 is 1.83. The summed E-state index contributed by atoms with van der Waals surface area (Å²) in [5.74, 6) is 0.565. The molecule has 0 saturated carbocycles. The normalized spacial score (nSPS) is 12.7. The first-order valence-corrected chi connectivity index (χ1v) is 19.2. The third-order valence-electron chi connectivity index (χ3n) is 11.3. The first-order valence-electron chi connectivity index (χ1n) is 18.4. The Hall–Kier alpha value is -7.09. The lowest BCUT2D eigenvalue weighted by Crippen LogP contribution is -2.08. The molecule has 1 aliphatic rings. The summed E-state index contributed by atoms with van der Waals surface area (Å²) in [6.07, 6.45) is 0. The Kier molecular flexibility index (Phi) is 5.74. The van der Waals surface area contributed by atoms with E-state index in [-0.39, 0.29) is 0 Å². The second-order valence-corrected chi connectivity index (χ2v) is 15.3. The van der Waals surface area contributed by atoms with Crippen molar-refractivity contribution in [1.29, 1.82) is 0 Å². The number of furan rings is 1. The Morgan fingerprint density at radius 1 is 0.455 bits per heavy atom. The van der Waals surface area contributed by atoms with Gasteiger partial charge in [0, 0.05) is 53.4 Å². The zero-order valence-electron chi connectivity index (χ0n) is 29.1. The summed E-state index contributed by atoms with van der Waals surface area (Å²) in [7, 11) is 0. The lowest BCUT2D eigenvalue weighted by Gasteiger charge is -2.20. The number of nitrogens with zero attached hydrogens (tertiary/aromatic N) is 5. The molecule has 1 aliphatic heterocycles. The van der Waals surface area contributed by atoms with Crippen molar-refractivity contribution in [2.45, 2.75) is 9.79 Å². The Labute approximate surface area is 317 Å². The molecule has 13 rings (SSSR count). The van der Waals surface area contributed by atoms with Crippen molar-refractivity contribution in [1.82, 2.24) is 23.7 Å². The number of hydrogen-bond acceptors (Lipinski definition) is 4. The van der Waals surface area contributed by atoms with Gasteiger partial charge in [-0.05, 0) is 54.6 Å². The van der Waals surface area contributed by atoms with Gasteiger partial charge in [0.05, 0.1) is 38.8 Å². The molecule has 6 heterocycles. The van der Waals surface area contributed by atoms with E-state index in [9.17, 15) is 0 Å². The van der Waals surface area contributed by atoms with Crippen molar-refractivity contribution in [3.63, 3.8) is 0 Å². The van der Waals surface area contributed by atoms with Gasteiger partial charge in [-0.15, -0.1) is 0 Å². The summed E-state index contributed by atoms with van der Waals surface area (Å²) in [6.45, 7) is 0. The summed E-state index contributed by atoms with van der Waals surface area (Å²) in [6, 6.07) is 58.1.